The minimum Gasteiger partial charge on any atom is -0.447 e. The number of alkyl carbamates (subject to hydrolysis) is 1. The van der Waals surface area contributed by atoms with E-state index in [1.54, 1.807) is 12.1 Å². The zero-order chi connectivity index (χ0) is 9.26. The fraction of sp³-hybridized carbons (Fsp3) is 0.222. The Bertz CT molecular complexity index is 326. The lowest BCUT2D eigenvalue weighted by Gasteiger charge is -2.06. The summed E-state index contributed by atoms with van der Waals surface area (Å²) in [5, 5.41) is 3.37. The number of amides is 1. The van der Waals surface area contributed by atoms with Gasteiger partial charge in [0.15, 0.2) is 0 Å². The normalized spacial score (nSPS) is 19.5. The number of ether oxygens (including phenoxy) is 1. The molecule has 1 saturated heterocycles. The van der Waals surface area contributed by atoms with E-state index in [4.69, 9.17) is 16.3 Å². The monoisotopic (exact) mass is 233 g/mol. The zero-order valence-corrected chi connectivity index (χ0v) is 8.77. The first kappa shape index (κ1) is 11.1. The molecule has 0 aromatic heterocycles. The van der Waals surface area contributed by atoms with Crippen molar-refractivity contribution in [2.24, 2.45) is 0 Å². The molecule has 1 heterocycles. The van der Waals surface area contributed by atoms with E-state index in [2.05, 4.69) is 5.32 Å². The van der Waals surface area contributed by atoms with Crippen LogP contribution in [0.4, 0.5) is 4.79 Å². The third-order valence-corrected chi connectivity index (χ3v) is 2.20. The molecule has 5 heteroatoms. The molecule has 2 rings (SSSR count). The van der Waals surface area contributed by atoms with E-state index in [0.717, 1.165) is 5.56 Å². The fourth-order valence-electron chi connectivity index (χ4n) is 1.26. The Morgan fingerprint density at radius 1 is 1.36 bits per heavy atom. The molecule has 1 N–H and O–H groups in total. The zero-order valence-electron chi connectivity index (χ0n) is 7.20. The molecule has 0 bridgehead atoms. The van der Waals surface area contributed by atoms with Crippen LogP contribution in [0.5, 0.6) is 0 Å². The number of halogens is 2. The highest BCUT2D eigenvalue weighted by Gasteiger charge is 2.23. The molecule has 0 radical (unpaired) electrons. The van der Waals surface area contributed by atoms with E-state index in [1.807, 2.05) is 12.1 Å². The lowest BCUT2D eigenvalue weighted by Crippen LogP contribution is -2.18. The summed E-state index contributed by atoms with van der Waals surface area (Å²) < 4.78 is 4.77. The predicted octanol–water partition coefficient (Wildman–Crippen LogP) is 2.54. The molecule has 14 heavy (non-hydrogen) atoms. The standard InChI is InChI=1S/C9H8ClNO2.ClH/c10-7-3-1-6(2-4-7)8-5-13-9(12)11-8;/h1-4,8H,5H2,(H,11,12);1H/t8-;/m1./s1. The maximum absolute atomic E-state index is 10.7. The Balaban J connectivity index is 0.000000980. The first-order valence-electron chi connectivity index (χ1n) is 3.94. The van der Waals surface area contributed by atoms with Crippen LogP contribution in [-0.2, 0) is 4.74 Å². The first-order chi connectivity index (χ1) is 6.25. The first-order valence-corrected chi connectivity index (χ1v) is 4.32. The van der Waals surface area contributed by atoms with Gasteiger partial charge in [0.2, 0.25) is 0 Å². The summed E-state index contributed by atoms with van der Waals surface area (Å²) in [7, 11) is 0. The molecule has 1 aliphatic rings. The number of hydrogen-bond acceptors (Lipinski definition) is 2. The molecule has 1 amide bonds. The molecule has 1 atom stereocenters. The number of carbonyl (C=O) groups is 1. The van der Waals surface area contributed by atoms with Crippen molar-refractivity contribution in [3.8, 4) is 0 Å². The van der Waals surface area contributed by atoms with Gasteiger partial charge in [-0.1, -0.05) is 23.7 Å². The van der Waals surface area contributed by atoms with Crippen LogP contribution >= 0.6 is 24.0 Å². The Kier molecular flexibility index (Phi) is 3.61. The third kappa shape index (κ3) is 2.30. The maximum Gasteiger partial charge on any atom is 0.407 e. The topological polar surface area (TPSA) is 38.3 Å². The smallest absolute Gasteiger partial charge is 0.407 e. The SMILES string of the molecule is Cl.O=C1N[C@@H](c2ccc(Cl)cc2)CO1. The highest BCUT2D eigenvalue weighted by atomic mass is 35.5. The minimum absolute atomic E-state index is 0. The van der Waals surface area contributed by atoms with Gasteiger partial charge in [-0.25, -0.2) is 4.79 Å². The van der Waals surface area contributed by atoms with Crippen molar-refractivity contribution < 1.29 is 9.53 Å². The Labute approximate surface area is 92.8 Å². The van der Waals surface area contributed by atoms with Crippen LogP contribution < -0.4 is 5.32 Å². The fourth-order valence-corrected chi connectivity index (χ4v) is 1.39. The molecule has 0 saturated carbocycles. The lowest BCUT2D eigenvalue weighted by molar-refractivity contribution is 0.177. The van der Waals surface area contributed by atoms with Crippen LogP contribution in [0.25, 0.3) is 0 Å². The lowest BCUT2D eigenvalue weighted by atomic mass is 10.1. The molecule has 0 spiro atoms. The summed E-state index contributed by atoms with van der Waals surface area (Å²) in [4.78, 5) is 10.7. The second kappa shape index (κ2) is 4.53. The van der Waals surface area contributed by atoms with E-state index in [0.29, 0.717) is 11.6 Å². The quantitative estimate of drug-likeness (QED) is 0.810. The van der Waals surface area contributed by atoms with Crippen molar-refractivity contribution in [1.82, 2.24) is 5.32 Å². The maximum atomic E-state index is 10.7. The summed E-state index contributed by atoms with van der Waals surface area (Å²) in [5.74, 6) is 0. The van der Waals surface area contributed by atoms with Crippen molar-refractivity contribution in [3.63, 3.8) is 0 Å². The second-order valence-corrected chi connectivity index (χ2v) is 3.28. The molecular weight excluding hydrogens is 225 g/mol. The van der Waals surface area contributed by atoms with Gasteiger partial charge in [-0.3, -0.25) is 0 Å². The Morgan fingerprint density at radius 3 is 2.50 bits per heavy atom. The average molecular weight is 234 g/mol. The summed E-state index contributed by atoms with van der Waals surface area (Å²) in [6.45, 7) is 0.389. The van der Waals surface area contributed by atoms with Crippen molar-refractivity contribution in [2.75, 3.05) is 6.61 Å². The third-order valence-electron chi connectivity index (χ3n) is 1.95. The minimum atomic E-state index is -0.361. The second-order valence-electron chi connectivity index (χ2n) is 2.85. The van der Waals surface area contributed by atoms with Gasteiger partial charge in [-0.05, 0) is 17.7 Å². The van der Waals surface area contributed by atoms with Gasteiger partial charge >= 0.3 is 6.09 Å². The van der Waals surface area contributed by atoms with Gasteiger partial charge < -0.3 is 10.1 Å². The largest absolute Gasteiger partial charge is 0.447 e. The average Bonchev–Trinajstić information content (AvgIpc) is 2.53. The number of cyclic esters (lactones) is 1. The Hall–Kier alpha value is -0.930. The molecule has 0 aliphatic carbocycles. The van der Waals surface area contributed by atoms with Crippen LogP contribution in [-0.4, -0.2) is 12.7 Å². The van der Waals surface area contributed by atoms with Crippen LogP contribution in [0.15, 0.2) is 24.3 Å². The number of hydrogen-bond donors (Lipinski definition) is 1. The molecule has 1 fully saturated rings. The van der Waals surface area contributed by atoms with Crippen LogP contribution in [0.1, 0.15) is 11.6 Å². The molecule has 76 valence electrons. The number of carbonyl (C=O) groups excluding carboxylic acids is 1. The van der Waals surface area contributed by atoms with Crippen LogP contribution in [0.2, 0.25) is 5.02 Å². The molecule has 1 aromatic carbocycles. The summed E-state index contributed by atoms with van der Waals surface area (Å²) in [6.07, 6.45) is -0.361. The van der Waals surface area contributed by atoms with Gasteiger partial charge in [0.1, 0.15) is 6.61 Å². The molecular formula is C9H9Cl2NO2. The predicted molar refractivity (Wildman–Crippen MR) is 55.9 cm³/mol. The van der Waals surface area contributed by atoms with Gasteiger partial charge in [-0.15, -0.1) is 12.4 Å². The van der Waals surface area contributed by atoms with Crippen molar-refractivity contribution in [3.05, 3.63) is 34.9 Å². The molecule has 1 aromatic rings. The van der Waals surface area contributed by atoms with E-state index in [-0.39, 0.29) is 24.5 Å². The molecule has 1 aliphatic heterocycles. The van der Waals surface area contributed by atoms with Gasteiger partial charge in [0.05, 0.1) is 6.04 Å². The van der Waals surface area contributed by atoms with Crippen molar-refractivity contribution in [1.29, 1.82) is 0 Å². The number of nitrogens with one attached hydrogen (secondary N) is 1. The van der Waals surface area contributed by atoms with E-state index < -0.39 is 0 Å². The van der Waals surface area contributed by atoms with E-state index in [1.165, 1.54) is 0 Å². The highest BCUT2D eigenvalue weighted by Crippen LogP contribution is 2.19. The summed E-state index contributed by atoms with van der Waals surface area (Å²) >= 11 is 5.73. The van der Waals surface area contributed by atoms with Gasteiger partial charge in [0, 0.05) is 5.02 Å². The summed E-state index contributed by atoms with van der Waals surface area (Å²) in [6, 6.07) is 7.30. The van der Waals surface area contributed by atoms with Crippen LogP contribution in [0.3, 0.4) is 0 Å². The number of rotatable bonds is 1. The van der Waals surface area contributed by atoms with Crippen LogP contribution in [0, 0.1) is 0 Å². The Morgan fingerprint density at radius 2 is 2.00 bits per heavy atom. The van der Waals surface area contributed by atoms with E-state index >= 15 is 0 Å². The highest BCUT2D eigenvalue weighted by molar-refractivity contribution is 6.30. The summed E-state index contributed by atoms with van der Waals surface area (Å²) in [5.41, 5.74) is 1.01. The van der Waals surface area contributed by atoms with Crippen molar-refractivity contribution in [2.45, 2.75) is 6.04 Å². The van der Waals surface area contributed by atoms with Crippen molar-refractivity contribution >= 4 is 30.1 Å². The van der Waals surface area contributed by atoms with Gasteiger partial charge in [-0.2, -0.15) is 0 Å². The van der Waals surface area contributed by atoms with Gasteiger partial charge in [0.25, 0.3) is 0 Å². The van der Waals surface area contributed by atoms with E-state index in [9.17, 15) is 4.79 Å². The molecule has 0 unspecified atom stereocenters. The molecule has 3 nitrogen and oxygen atoms in total. The number of benzene rings is 1.